The monoisotopic (exact) mass is 501 g/mol. The summed E-state index contributed by atoms with van der Waals surface area (Å²) in [4.78, 5) is 26.1. The van der Waals surface area contributed by atoms with Crippen molar-refractivity contribution in [3.63, 3.8) is 0 Å². The van der Waals surface area contributed by atoms with E-state index in [1.54, 1.807) is 0 Å². The summed E-state index contributed by atoms with van der Waals surface area (Å²) in [6.45, 7) is 7.41. The molecule has 2 aliphatic rings. The van der Waals surface area contributed by atoms with Crippen LogP contribution in [-0.4, -0.2) is 41.6 Å². The summed E-state index contributed by atoms with van der Waals surface area (Å²) in [7, 11) is 0. The van der Waals surface area contributed by atoms with E-state index in [2.05, 4.69) is 28.8 Å². The predicted octanol–water partition coefficient (Wildman–Crippen LogP) is 5.01. The van der Waals surface area contributed by atoms with E-state index in [9.17, 15) is 20.0 Å². The molecule has 8 nitrogen and oxygen atoms in total. The minimum Gasteiger partial charge on any atom is -0.489 e. The highest BCUT2D eigenvalue weighted by atomic mass is 17.0. The number of benzene rings is 1. The van der Waals surface area contributed by atoms with Crippen molar-refractivity contribution in [2.75, 3.05) is 13.2 Å². The fourth-order valence-electron chi connectivity index (χ4n) is 4.72. The SMILES string of the molecule is CC.CC#CCC(C)C(O)/C=C/C1CCC2Oc3c(CCCC(=O)OCCO[N+](=O)[O-])cccc3C12. The van der Waals surface area contributed by atoms with Gasteiger partial charge in [0, 0.05) is 24.3 Å². The predicted molar refractivity (Wildman–Crippen MR) is 137 cm³/mol. The molecule has 1 aromatic carbocycles. The summed E-state index contributed by atoms with van der Waals surface area (Å²) in [6, 6.07) is 6.18. The van der Waals surface area contributed by atoms with Gasteiger partial charge in [-0.25, -0.2) is 0 Å². The van der Waals surface area contributed by atoms with Crippen LogP contribution in [0.25, 0.3) is 0 Å². The molecule has 1 fully saturated rings. The summed E-state index contributed by atoms with van der Waals surface area (Å²) < 4.78 is 11.3. The first-order chi connectivity index (χ1) is 17.4. The highest BCUT2D eigenvalue weighted by Gasteiger charge is 2.44. The van der Waals surface area contributed by atoms with Crippen molar-refractivity contribution < 1.29 is 29.3 Å². The van der Waals surface area contributed by atoms with Gasteiger partial charge in [-0.15, -0.1) is 22.0 Å². The summed E-state index contributed by atoms with van der Waals surface area (Å²) in [5, 5.41) is 19.6. The lowest BCUT2D eigenvalue weighted by Crippen LogP contribution is -2.17. The third kappa shape index (κ3) is 8.27. The van der Waals surface area contributed by atoms with Crippen LogP contribution in [0.2, 0.25) is 0 Å². The number of nitrogens with zero attached hydrogens (tertiary/aromatic N) is 1. The molecule has 8 heteroatoms. The lowest BCUT2D eigenvalue weighted by atomic mass is 9.86. The van der Waals surface area contributed by atoms with Crippen molar-refractivity contribution in [2.24, 2.45) is 11.8 Å². The van der Waals surface area contributed by atoms with Crippen LogP contribution in [0, 0.1) is 33.8 Å². The lowest BCUT2D eigenvalue weighted by Gasteiger charge is -2.17. The van der Waals surface area contributed by atoms with Gasteiger partial charge in [-0.05, 0) is 50.0 Å². The van der Waals surface area contributed by atoms with Crippen molar-refractivity contribution in [2.45, 2.75) is 84.3 Å². The van der Waals surface area contributed by atoms with Gasteiger partial charge in [0.05, 0.1) is 6.10 Å². The van der Waals surface area contributed by atoms with E-state index in [0.29, 0.717) is 25.2 Å². The molecule has 1 N–H and O–H groups in total. The van der Waals surface area contributed by atoms with E-state index in [-0.39, 0.29) is 37.6 Å². The standard InChI is InChI=1S/C26H33NO7.C2H6/c1-3-4-7-18(2)22(28)14-12-19-13-15-23-25(19)21-10-5-8-20(26(21)34-23)9-6-11-24(29)32-16-17-33-27(30)31;1-2/h5,8,10,12,14,18-19,22-23,25,28H,6-7,9,11,13,15-17H2,1-2H3;1-2H3/b14-12+;. The minimum atomic E-state index is -0.912. The number of aliphatic hydroxyl groups is 1. The molecule has 1 aliphatic heterocycles. The Morgan fingerprint density at radius 3 is 2.83 bits per heavy atom. The third-order valence-electron chi connectivity index (χ3n) is 6.51. The Morgan fingerprint density at radius 1 is 1.33 bits per heavy atom. The Morgan fingerprint density at radius 2 is 2.11 bits per heavy atom. The summed E-state index contributed by atoms with van der Waals surface area (Å²) in [5.41, 5.74) is 2.28. The van der Waals surface area contributed by atoms with Gasteiger partial charge in [-0.3, -0.25) is 4.79 Å². The number of rotatable bonds is 12. The summed E-state index contributed by atoms with van der Waals surface area (Å²) in [5.74, 6) is 7.11. The molecule has 1 heterocycles. The number of para-hydroxylation sites is 1. The number of hydrogen-bond donors (Lipinski definition) is 1. The number of fused-ring (bicyclic) bond motifs is 3. The molecule has 0 amide bonds. The molecular weight excluding hydrogens is 462 g/mol. The van der Waals surface area contributed by atoms with Crippen LogP contribution in [0.3, 0.4) is 0 Å². The van der Waals surface area contributed by atoms with Gasteiger partial charge in [0.15, 0.2) is 0 Å². The Kier molecular flexibility index (Phi) is 12.3. The van der Waals surface area contributed by atoms with Gasteiger partial charge in [0.2, 0.25) is 0 Å². The first-order valence-electron chi connectivity index (χ1n) is 12.9. The normalized spacial score (nSPS) is 21.1. The average molecular weight is 502 g/mol. The number of aliphatic hydroxyl groups excluding tert-OH is 1. The second-order valence-electron chi connectivity index (χ2n) is 8.87. The molecule has 0 saturated heterocycles. The molecule has 1 saturated carbocycles. The number of hydrogen-bond acceptors (Lipinski definition) is 7. The molecule has 0 radical (unpaired) electrons. The molecule has 0 spiro atoms. The maximum atomic E-state index is 11.8. The van der Waals surface area contributed by atoms with Crippen molar-refractivity contribution in [1.29, 1.82) is 0 Å². The van der Waals surface area contributed by atoms with E-state index < -0.39 is 17.2 Å². The van der Waals surface area contributed by atoms with Crippen LogP contribution < -0.4 is 4.74 Å². The van der Waals surface area contributed by atoms with Crippen molar-refractivity contribution >= 4 is 5.97 Å². The van der Waals surface area contributed by atoms with E-state index in [4.69, 9.17) is 9.47 Å². The van der Waals surface area contributed by atoms with Crippen molar-refractivity contribution in [3.05, 3.63) is 51.6 Å². The zero-order valence-corrected chi connectivity index (χ0v) is 21.8. The zero-order valence-electron chi connectivity index (χ0n) is 21.8. The molecule has 0 aromatic heterocycles. The second kappa shape index (κ2) is 15.1. The number of esters is 1. The largest absolute Gasteiger partial charge is 0.489 e. The Labute approximate surface area is 214 Å². The Balaban J connectivity index is 0.00000222. The smallest absolute Gasteiger partial charge is 0.305 e. The van der Waals surface area contributed by atoms with Gasteiger partial charge in [0.25, 0.3) is 5.09 Å². The number of allylic oxidation sites excluding steroid dienone is 1. The zero-order chi connectivity index (χ0) is 26.5. The van der Waals surface area contributed by atoms with E-state index in [1.165, 1.54) is 5.56 Å². The maximum absolute atomic E-state index is 11.8. The molecule has 198 valence electrons. The molecule has 3 rings (SSSR count). The van der Waals surface area contributed by atoms with Crippen LogP contribution in [0.1, 0.15) is 76.8 Å². The van der Waals surface area contributed by atoms with Crippen LogP contribution in [0.5, 0.6) is 5.75 Å². The van der Waals surface area contributed by atoms with E-state index >= 15 is 0 Å². The molecule has 0 bridgehead atoms. The number of carbonyl (C=O) groups is 1. The fraction of sp³-hybridized carbons (Fsp3) is 0.607. The highest BCUT2D eigenvalue weighted by Crippen LogP contribution is 2.51. The van der Waals surface area contributed by atoms with Crippen LogP contribution >= 0.6 is 0 Å². The van der Waals surface area contributed by atoms with Gasteiger partial charge in [-0.1, -0.05) is 51.1 Å². The second-order valence-corrected chi connectivity index (χ2v) is 8.87. The van der Waals surface area contributed by atoms with Crippen LogP contribution in [0.4, 0.5) is 0 Å². The molecule has 36 heavy (non-hydrogen) atoms. The fourth-order valence-corrected chi connectivity index (χ4v) is 4.72. The van der Waals surface area contributed by atoms with E-state index in [1.807, 2.05) is 45.9 Å². The highest BCUT2D eigenvalue weighted by molar-refractivity contribution is 5.69. The quantitative estimate of drug-likeness (QED) is 0.107. The average Bonchev–Trinajstić information content (AvgIpc) is 3.45. The molecular formula is C28H39NO7. The molecule has 1 aromatic rings. The topological polar surface area (TPSA) is 108 Å². The van der Waals surface area contributed by atoms with Crippen molar-refractivity contribution in [3.8, 4) is 17.6 Å². The number of aryl methyl sites for hydroxylation is 1. The van der Waals surface area contributed by atoms with Crippen molar-refractivity contribution in [1.82, 2.24) is 0 Å². The van der Waals surface area contributed by atoms with Gasteiger partial charge in [0.1, 0.15) is 25.1 Å². The molecule has 1 aliphatic carbocycles. The van der Waals surface area contributed by atoms with E-state index in [0.717, 1.165) is 24.2 Å². The minimum absolute atomic E-state index is 0.0897. The molecule has 5 atom stereocenters. The van der Waals surface area contributed by atoms with Gasteiger partial charge < -0.3 is 19.4 Å². The van der Waals surface area contributed by atoms with Crippen LogP contribution in [-0.2, 0) is 20.8 Å². The van der Waals surface area contributed by atoms with Gasteiger partial charge >= 0.3 is 5.97 Å². The summed E-state index contributed by atoms with van der Waals surface area (Å²) in [6.07, 6.45) is 7.85. The Hall–Kier alpha value is -3.05. The van der Waals surface area contributed by atoms with Gasteiger partial charge in [-0.2, -0.15) is 0 Å². The lowest BCUT2D eigenvalue weighted by molar-refractivity contribution is -0.757. The third-order valence-corrected chi connectivity index (χ3v) is 6.51. The number of ether oxygens (including phenoxy) is 2. The first-order valence-corrected chi connectivity index (χ1v) is 12.9. The maximum Gasteiger partial charge on any atom is 0.305 e. The first kappa shape index (κ1) is 29.2. The number of carbonyl (C=O) groups excluding carboxylic acids is 1. The Bertz CT molecular complexity index is 949. The van der Waals surface area contributed by atoms with Crippen LogP contribution in [0.15, 0.2) is 30.4 Å². The molecule has 5 unspecified atom stereocenters. The summed E-state index contributed by atoms with van der Waals surface area (Å²) >= 11 is 0.